The molecule has 2 nitrogen and oxygen atoms in total. The number of rotatable bonds is 6. The van der Waals surface area contributed by atoms with Gasteiger partial charge in [-0.3, -0.25) is 0 Å². The third kappa shape index (κ3) is 4.02. The first-order chi connectivity index (χ1) is 7.27. The fourth-order valence-electron chi connectivity index (χ4n) is 1.58. The van der Waals surface area contributed by atoms with Crippen molar-refractivity contribution in [3.05, 3.63) is 35.4 Å². The standard InChI is InChI=1S/C13H21NO/c1-4-8-15-10-13(14-3)12-7-5-6-11(2)9-12/h5-7,9,13-14H,4,8,10H2,1-3H3. The van der Waals surface area contributed by atoms with Crippen LogP contribution in [0.3, 0.4) is 0 Å². The molecule has 1 aromatic carbocycles. The molecule has 0 aliphatic carbocycles. The third-order valence-electron chi connectivity index (χ3n) is 2.43. The summed E-state index contributed by atoms with van der Waals surface area (Å²) >= 11 is 0. The molecule has 0 radical (unpaired) electrons. The molecule has 1 unspecified atom stereocenters. The summed E-state index contributed by atoms with van der Waals surface area (Å²) in [6, 6.07) is 8.86. The molecular weight excluding hydrogens is 186 g/mol. The summed E-state index contributed by atoms with van der Waals surface area (Å²) in [6.45, 7) is 5.82. The van der Waals surface area contributed by atoms with E-state index in [9.17, 15) is 0 Å². The van der Waals surface area contributed by atoms with Gasteiger partial charge in [0.1, 0.15) is 0 Å². The first-order valence-corrected chi connectivity index (χ1v) is 5.59. The van der Waals surface area contributed by atoms with Gasteiger partial charge in [0.15, 0.2) is 0 Å². The molecule has 0 bridgehead atoms. The van der Waals surface area contributed by atoms with Crippen LogP contribution in [0.25, 0.3) is 0 Å². The van der Waals surface area contributed by atoms with E-state index < -0.39 is 0 Å². The van der Waals surface area contributed by atoms with Gasteiger partial charge in [0.25, 0.3) is 0 Å². The summed E-state index contributed by atoms with van der Waals surface area (Å²) in [5.74, 6) is 0. The van der Waals surface area contributed by atoms with Gasteiger partial charge in [-0.15, -0.1) is 0 Å². The van der Waals surface area contributed by atoms with E-state index in [0.717, 1.165) is 19.6 Å². The van der Waals surface area contributed by atoms with Crippen molar-refractivity contribution in [1.29, 1.82) is 0 Å². The number of benzene rings is 1. The Morgan fingerprint density at radius 1 is 1.40 bits per heavy atom. The maximum absolute atomic E-state index is 5.57. The van der Waals surface area contributed by atoms with Crippen molar-refractivity contribution in [2.45, 2.75) is 26.3 Å². The van der Waals surface area contributed by atoms with Crippen molar-refractivity contribution in [2.24, 2.45) is 0 Å². The van der Waals surface area contributed by atoms with Crippen LogP contribution in [0.1, 0.15) is 30.5 Å². The Morgan fingerprint density at radius 2 is 2.20 bits per heavy atom. The maximum Gasteiger partial charge on any atom is 0.0661 e. The lowest BCUT2D eigenvalue weighted by Crippen LogP contribution is -2.22. The lowest BCUT2D eigenvalue weighted by Gasteiger charge is -2.17. The lowest BCUT2D eigenvalue weighted by atomic mass is 10.1. The Labute approximate surface area is 92.6 Å². The van der Waals surface area contributed by atoms with Gasteiger partial charge in [-0.25, -0.2) is 0 Å². The summed E-state index contributed by atoms with van der Waals surface area (Å²) in [6.07, 6.45) is 1.07. The van der Waals surface area contributed by atoms with Gasteiger partial charge in [0.05, 0.1) is 12.6 Å². The molecule has 0 spiro atoms. The van der Waals surface area contributed by atoms with E-state index in [4.69, 9.17) is 4.74 Å². The average molecular weight is 207 g/mol. The molecule has 0 heterocycles. The first kappa shape index (κ1) is 12.2. The molecule has 1 atom stereocenters. The topological polar surface area (TPSA) is 21.3 Å². The Hall–Kier alpha value is -0.860. The molecule has 0 aromatic heterocycles. The minimum atomic E-state index is 0.302. The largest absolute Gasteiger partial charge is 0.379 e. The Kier molecular flexibility index (Phi) is 5.37. The van der Waals surface area contributed by atoms with Crippen LogP contribution in [0.2, 0.25) is 0 Å². The third-order valence-corrected chi connectivity index (χ3v) is 2.43. The lowest BCUT2D eigenvalue weighted by molar-refractivity contribution is 0.114. The predicted octanol–water partition coefficient (Wildman–Crippen LogP) is 2.68. The molecule has 0 aliphatic rings. The highest BCUT2D eigenvalue weighted by molar-refractivity contribution is 5.25. The second kappa shape index (κ2) is 6.59. The Morgan fingerprint density at radius 3 is 2.80 bits per heavy atom. The number of hydrogen-bond donors (Lipinski definition) is 1. The molecule has 0 saturated carbocycles. The fourth-order valence-corrected chi connectivity index (χ4v) is 1.58. The number of likely N-dealkylation sites (N-methyl/N-ethyl adjacent to an activating group) is 1. The minimum Gasteiger partial charge on any atom is -0.379 e. The molecule has 84 valence electrons. The van der Waals surface area contributed by atoms with Crippen LogP contribution in [-0.2, 0) is 4.74 Å². The summed E-state index contributed by atoms with van der Waals surface area (Å²) in [5.41, 5.74) is 2.59. The van der Waals surface area contributed by atoms with Crippen LogP contribution in [0.4, 0.5) is 0 Å². The van der Waals surface area contributed by atoms with Crippen molar-refractivity contribution in [1.82, 2.24) is 5.32 Å². The van der Waals surface area contributed by atoms with Gasteiger partial charge >= 0.3 is 0 Å². The Bertz CT molecular complexity index is 286. The van der Waals surface area contributed by atoms with Crippen molar-refractivity contribution in [2.75, 3.05) is 20.3 Å². The van der Waals surface area contributed by atoms with E-state index in [1.54, 1.807) is 0 Å². The zero-order chi connectivity index (χ0) is 11.1. The second-order valence-corrected chi connectivity index (χ2v) is 3.83. The van der Waals surface area contributed by atoms with Crippen LogP contribution in [0, 0.1) is 6.92 Å². The van der Waals surface area contributed by atoms with Gasteiger partial charge in [-0.1, -0.05) is 36.8 Å². The monoisotopic (exact) mass is 207 g/mol. The molecule has 0 saturated heterocycles. The normalized spacial score (nSPS) is 12.7. The molecule has 0 fully saturated rings. The summed E-state index contributed by atoms with van der Waals surface area (Å²) < 4.78 is 5.57. The Balaban J connectivity index is 2.57. The van der Waals surface area contributed by atoms with Gasteiger partial charge in [-0.2, -0.15) is 0 Å². The number of nitrogens with one attached hydrogen (secondary N) is 1. The van der Waals surface area contributed by atoms with Gasteiger partial charge in [0, 0.05) is 6.61 Å². The average Bonchev–Trinajstić information content (AvgIpc) is 2.24. The van der Waals surface area contributed by atoms with Crippen LogP contribution >= 0.6 is 0 Å². The fraction of sp³-hybridized carbons (Fsp3) is 0.538. The molecule has 1 rings (SSSR count). The van der Waals surface area contributed by atoms with Crippen LogP contribution in [0.5, 0.6) is 0 Å². The van der Waals surface area contributed by atoms with E-state index in [1.165, 1.54) is 11.1 Å². The summed E-state index contributed by atoms with van der Waals surface area (Å²) in [7, 11) is 1.97. The highest BCUT2D eigenvalue weighted by Crippen LogP contribution is 2.14. The highest BCUT2D eigenvalue weighted by atomic mass is 16.5. The van der Waals surface area contributed by atoms with Gasteiger partial charge in [-0.05, 0) is 26.0 Å². The summed E-state index contributed by atoms with van der Waals surface area (Å²) in [4.78, 5) is 0. The minimum absolute atomic E-state index is 0.302. The molecule has 15 heavy (non-hydrogen) atoms. The van der Waals surface area contributed by atoms with E-state index in [-0.39, 0.29) is 0 Å². The second-order valence-electron chi connectivity index (χ2n) is 3.83. The van der Waals surface area contributed by atoms with Crippen molar-refractivity contribution < 1.29 is 4.74 Å². The van der Waals surface area contributed by atoms with Crippen LogP contribution in [-0.4, -0.2) is 20.3 Å². The van der Waals surface area contributed by atoms with E-state index >= 15 is 0 Å². The first-order valence-electron chi connectivity index (χ1n) is 5.59. The van der Waals surface area contributed by atoms with E-state index in [2.05, 4.69) is 43.4 Å². The molecule has 1 N–H and O–H groups in total. The number of hydrogen-bond acceptors (Lipinski definition) is 2. The van der Waals surface area contributed by atoms with Crippen molar-refractivity contribution >= 4 is 0 Å². The number of aryl methyl sites for hydroxylation is 1. The van der Waals surface area contributed by atoms with Crippen LogP contribution in [0.15, 0.2) is 24.3 Å². The SMILES string of the molecule is CCCOCC(NC)c1cccc(C)c1. The zero-order valence-electron chi connectivity index (χ0n) is 9.92. The predicted molar refractivity (Wildman–Crippen MR) is 64.1 cm³/mol. The highest BCUT2D eigenvalue weighted by Gasteiger charge is 2.08. The van der Waals surface area contributed by atoms with Crippen molar-refractivity contribution in [3.8, 4) is 0 Å². The molecule has 0 amide bonds. The zero-order valence-corrected chi connectivity index (χ0v) is 9.92. The number of ether oxygens (including phenoxy) is 1. The maximum atomic E-state index is 5.57. The van der Waals surface area contributed by atoms with Crippen LogP contribution < -0.4 is 5.32 Å². The summed E-state index contributed by atoms with van der Waals surface area (Å²) in [5, 5.41) is 3.28. The molecule has 1 aromatic rings. The van der Waals surface area contributed by atoms with Gasteiger partial charge in [0.2, 0.25) is 0 Å². The van der Waals surface area contributed by atoms with E-state index in [1.807, 2.05) is 7.05 Å². The molecule has 2 heteroatoms. The van der Waals surface area contributed by atoms with Crippen molar-refractivity contribution in [3.63, 3.8) is 0 Å². The smallest absolute Gasteiger partial charge is 0.0661 e. The quantitative estimate of drug-likeness (QED) is 0.724. The van der Waals surface area contributed by atoms with Gasteiger partial charge < -0.3 is 10.1 Å². The molecular formula is C13H21NO. The van der Waals surface area contributed by atoms with E-state index in [0.29, 0.717) is 6.04 Å². The molecule has 0 aliphatic heterocycles.